The van der Waals surface area contributed by atoms with Crippen LogP contribution in [0.2, 0.25) is 10.0 Å². The molecule has 3 rings (SSSR count). The Morgan fingerprint density at radius 2 is 1.71 bits per heavy atom. The summed E-state index contributed by atoms with van der Waals surface area (Å²) in [5.41, 5.74) is 1.45. The fourth-order valence-corrected chi connectivity index (χ4v) is 2.96. The molecule has 2 aromatic rings. The molecule has 0 saturated carbocycles. The number of rotatable bonds is 2. The molecule has 1 heterocycles. The minimum Gasteiger partial charge on any atom is -0.368 e. The summed E-state index contributed by atoms with van der Waals surface area (Å²) >= 11 is 11.9. The molecule has 7 heteroatoms. The molecule has 0 unspecified atom stereocenters. The normalized spacial score (nSPS) is 14.6. The highest BCUT2D eigenvalue weighted by Crippen LogP contribution is 2.24. The molecular weight excluding hydrogens is 352 g/mol. The second-order valence-corrected chi connectivity index (χ2v) is 6.30. The van der Waals surface area contributed by atoms with E-state index >= 15 is 0 Å². The lowest BCUT2D eigenvalue weighted by molar-refractivity contribution is 0.208. The number of carbonyl (C=O) groups is 1. The van der Waals surface area contributed by atoms with Crippen LogP contribution in [0.25, 0.3) is 0 Å². The Morgan fingerprint density at radius 1 is 1.00 bits per heavy atom. The molecule has 0 aliphatic carbocycles. The summed E-state index contributed by atoms with van der Waals surface area (Å²) in [6, 6.07) is 11.6. The summed E-state index contributed by atoms with van der Waals surface area (Å²) in [6.45, 7) is 2.42. The van der Waals surface area contributed by atoms with E-state index in [1.54, 1.807) is 29.2 Å². The van der Waals surface area contributed by atoms with E-state index in [0.717, 1.165) is 5.69 Å². The minimum atomic E-state index is -0.432. The molecule has 1 aliphatic heterocycles. The first kappa shape index (κ1) is 16.9. The smallest absolute Gasteiger partial charge is 0.322 e. The van der Waals surface area contributed by atoms with Crippen LogP contribution in [0.4, 0.5) is 20.6 Å². The largest absolute Gasteiger partial charge is 0.368 e. The molecule has 2 aromatic carbocycles. The van der Waals surface area contributed by atoms with E-state index in [4.69, 9.17) is 23.2 Å². The average molecular weight is 368 g/mol. The van der Waals surface area contributed by atoms with Crippen molar-refractivity contribution in [2.45, 2.75) is 0 Å². The van der Waals surface area contributed by atoms with Crippen LogP contribution >= 0.6 is 23.2 Å². The van der Waals surface area contributed by atoms with Gasteiger partial charge in [0, 0.05) is 31.9 Å². The highest BCUT2D eigenvalue weighted by molar-refractivity contribution is 6.33. The van der Waals surface area contributed by atoms with Crippen LogP contribution < -0.4 is 10.2 Å². The van der Waals surface area contributed by atoms with Crippen molar-refractivity contribution in [1.82, 2.24) is 4.90 Å². The first-order valence-corrected chi connectivity index (χ1v) is 8.30. The van der Waals surface area contributed by atoms with E-state index in [9.17, 15) is 9.18 Å². The Kier molecular flexibility index (Phi) is 5.11. The first-order valence-electron chi connectivity index (χ1n) is 7.55. The zero-order chi connectivity index (χ0) is 17.1. The van der Waals surface area contributed by atoms with Gasteiger partial charge in [-0.25, -0.2) is 9.18 Å². The van der Waals surface area contributed by atoms with E-state index in [0.29, 0.717) is 36.9 Å². The van der Waals surface area contributed by atoms with E-state index in [1.807, 2.05) is 12.1 Å². The SMILES string of the molecule is O=C(Nc1ccccc1Cl)N1CCN(c2ccc(F)c(Cl)c2)CC1. The predicted octanol–water partition coefficient (Wildman–Crippen LogP) is 4.49. The number of halogens is 3. The molecule has 24 heavy (non-hydrogen) atoms. The monoisotopic (exact) mass is 367 g/mol. The predicted molar refractivity (Wildman–Crippen MR) is 95.7 cm³/mol. The van der Waals surface area contributed by atoms with Crippen LogP contribution in [0.5, 0.6) is 0 Å². The van der Waals surface area contributed by atoms with E-state index in [2.05, 4.69) is 10.2 Å². The van der Waals surface area contributed by atoms with Crippen molar-refractivity contribution in [3.63, 3.8) is 0 Å². The van der Waals surface area contributed by atoms with E-state index < -0.39 is 5.82 Å². The van der Waals surface area contributed by atoms with Gasteiger partial charge in [-0.1, -0.05) is 35.3 Å². The van der Waals surface area contributed by atoms with E-state index in [1.165, 1.54) is 6.07 Å². The van der Waals surface area contributed by atoms with Crippen molar-refractivity contribution in [1.29, 1.82) is 0 Å². The molecule has 1 saturated heterocycles. The molecule has 4 nitrogen and oxygen atoms in total. The summed E-state index contributed by atoms with van der Waals surface area (Å²) in [4.78, 5) is 16.1. The first-order chi connectivity index (χ1) is 11.5. The maximum Gasteiger partial charge on any atom is 0.322 e. The number of hydrogen-bond donors (Lipinski definition) is 1. The standard InChI is InChI=1S/C17H16Cl2FN3O/c18-13-3-1-2-4-16(13)21-17(24)23-9-7-22(8-10-23)12-5-6-15(20)14(19)11-12/h1-6,11H,7-10H2,(H,21,24). The number of benzene rings is 2. The van der Waals surface area contributed by atoms with Gasteiger partial charge in [-0.15, -0.1) is 0 Å². The van der Waals surface area contributed by atoms with Gasteiger partial charge in [0.15, 0.2) is 0 Å². The number of anilines is 2. The second kappa shape index (κ2) is 7.28. The number of amides is 2. The summed E-state index contributed by atoms with van der Waals surface area (Å²) in [5, 5.41) is 3.43. The molecule has 2 amide bonds. The van der Waals surface area contributed by atoms with Gasteiger partial charge < -0.3 is 15.1 Å². The Balaban J connectivity index is 1.59. The fraction of sp³-hybridized carbons (Fsp3) is 0.235. The summed E-state index contributed by atoms with van der Waals surface area (Å²) in [7, 11) is 0. The van der Waals surface area contributed by atoms with Gasteiger partial charge in [-0.2, -0.15) is 0 Å². The lowest BCUT2D eigenvalue weighted by Crippen LogP contribution is -2.50. The van der Waals surface area contributed by atoms with Crippen molar-refractivity contribution in [3.8, 4) is 0 Å². The molecule has 0 atom stereocenters. The molecular formula is C17H16Cl2FN3O. The third-order valence-corrected chi connectivity index (χ3v) is 4.57. The quantitative estimate of drug-likeness (QED) is 0.848. The van der Waals surface area contributed by atoms with Gasteiger partial charge in [-0.3, -0.25) is 0 Å². The number of carbonyl (C=O) groups excluding carboxylic acids is 1. The van der Waals surface area contributed by atoms with Crippen molar-refractivity contribution in [2.75, 3.05) is 36.4 Å². The highest BCUT2D eigenvalue weighted by Gasteiger charge is 2.22. The third-order valence-electron chi connectivity index (χ3n) is 3.95. The third kappa shape index (κ3) is 3.74. The van der Waals surface area contributed by atoms with E-state index in [-0.39, 0.29) is 11.1 Å². The highest BCUT2D eigenvalue weighted by atomic mass is 35.5. The molecule has 0 spiro atoms. The number of nitrogens with zero attached hydrogens (tertiary/aromatic N) is 2. The number of piperazine rings is 1. The van der Waals surface area contributed by atoms with Gasteiger partial charge in [-0.05, 0) is 30.3 Å². The number of para-hydroxylation sites is 1. The maximum absolute atomic E-state index is 13.3. The molecule has 0 radical (unpaired) electrons. The van der Waals surface area contributed by atoms with Crippen molar-refractivity contribution in [2.24, 2.45) is 0 Å². The Hall–Kier alpha value is -1.98. The lowest BCUT2D eigenvalue weighted by atomic mass is 10.2. The van der Waals surface area contributed by atoms with Crippen molar-refractivity contribution in [3.05, 3.63) is 58.3 Å². The van der Waals surface area contributed by atoms with Crippen LogP contribution in [0.1, 0.15) is 0 Å². The van der Waals surface area contributed by atoms with Gasteiger partial charge in [0.1, 0.15) is 5.82 Å². The van der Waals surface area contributed by atoms with Crippen LogP contribution in [0, 0.1) is 5.82 Å². The summed E-state index contributed by atoms with van der Waals surface area (Å²) < 4.78 is 13.3. The van der Waals surface area contributed by atoms with Crippen LogP contribution in [-0.2, 0) is 0 Å². The number of hydrogen-bond acceptors (Lipinski definition) is 2. The van der Waals surface area contributed by atoms with Crippen molar-refractivity contribution >= 4 is 40.6 Å². The summed E-state index contributed by atoms with van der Waals surface area (Å²) in [5.74, 6) is -0.432. The van der Waals surface area contributed by atoms with Gasteiger partial charge >= 0.3 is 6.03 Å². The zero-order valence-electron chi connectivity index (χ0n) is 12.8. The summed E-state index contributed by atoms with van der Waals surface area (Å²) in [6.07, 6.45) is 0. The maximum atomic E-state index is 13.3. The topological polar surface area (TPSA) is 35.6 Å². The lowest BCUT2D eigenvalue weighted by Gasteiger charge is -2.36. The van der Waals surface area contributed by atoms with Gasteiger partial charge in [0.25, 0.3) is 0 Å². The van der Waals surface area contributed by atoms with Crippen LogP contribution in [0.15, 0.2) is 42.5 Å². The van der Waals surface area contributed by atoms with Crippen LogP contribution in [-0.4, -0.2) is 37.1 Å². The Morgan fingerprint density at radius 3 is 2.38 bits per heavy atom. The zero-order valence-corrected chi connectivity index (χ0v) is 14.3. The average Bonchev–Trinajstić information content (AvgIpc) is 2.59. The van der Waals surface area contributed by atoms with Crippen LogP contribution in [0.3, 0.4) is 0 Å². The second-order valence-electron chi connectivity index (χ2n) is 5.48. The molecule has 1 aliphatic rings. The minimum absolute atomic E-state index is 0.103. The number of nitrogens with one attached hydrogen (secondary N) is 1. The molecule has 0 bridgehead atoms. The molecule has 1 fully saturated rings. The Bertz CT molecular complexity index is 748. The Labute approximate surface area is 149 Å². The van der Waals surface area contributed by atoms with Gasteiger partial charge in [0.05, 0.1) is 15.7 Å². The van der Waals surface area contributed by atoms with Gasteiger partial charge in [0.2, 0.25) is 0 Å². The van der Waals surface area contributed by atoms with Crippen molar-refractivity contribution < 1.29 is 9.18 Å². The molecule has 0 aromatic heterocycles. The molecule has 1 N–H and O–H groups in total. The number of urea groups is 1. The molecule has 126 valence electrons. The fourth-order valence-electron chi connectivity index (χ4n) is 2.61.